The molecule has 0 aliphatic carbocycles. The molecule has 0 radical (unpaired) electrons. The Labute approximate surface area is 295 Å². The maximum atomic E-state index is 16.8. The average Bonchev–Trinajstić information content (AvgIpc) is 3.68. The van der Waals surface area contributed by atoms with E-state index < -0.39 is 59.7 Å². The first kappa shape index (κ1) is 37.6. The van der Waals surface area contributed by atoms with Crippen LogP contribution in [0.2, 0.25) is 0 Å². The Bertz CT molecular complexity index is 1900. The van der Waals surface area contributed by atoms with Crippen molar-refractivity contribution >= 4 is 27.5 Å². The van der Waals surface area contributed by atoms with Gasteiger partial charge in [0.1, 0.15) is 36.2 Å². The lowest BCUT2D eigenvalue weighted by Gasteiger charge is -2.31. The number of alkyl halides is 5. The number of aromatic hydroxyl groups is 1. The van der Waals surface area contributed by atoms with Gasteiger partial charge < -0.3 is 19.9 Å². The minimum absolute atomic E-state index is 0.0175. The van der Waals surface area contributed by atoms with Crippen LogP contribution in [-0.4, -0.2) is 75.7 Å². The largest absolute Gasteiger partial charge is 0.573 e. The summed E-state index contributed by atoms with van der Waals surface area (Å²) in [6.45, 7) is 5.28. The lowest BCUT2D eigenvalue weighted by Crippen LogP contribution is -2.43. The van der Waals surface area contributed by atoms with Crippen LogP contribution in [0.25, 0.3) is 32.9 Å². The summed E-state index contributed by atoms with van der Waals surface area (Å²) in [5.41, 5.74) is -1.26. The van der Waals surface area contributed by atoms with Gasteiger partial charge in [-0.05, 0) is 81.6 Å². The molecule has 2 unspecified atom stereocenters. The Morgan fingerprint density at radius 1 is 1.04 bits per heavy atom. The van der Waals surface area contributed by atoms with Crippen molar-refractivity contribution in [3.8, 4) is 28.8 Å². The summed E-state index contributed by atoms with van der Waals surface area (Å²) in [5, 5.41) is 15.1. The zero-order valence-corrected chi connectivity index (χ0v) is 28.9. The third-order valence-electron chi connectivity index (χ3n) is 9.98. The third kappa shape index (κ3) is 7.63. The topological polar surface area (TPSA) is 105 Å². The number of aromatic nitrogens is 3. The number of rotatable bonds is 9. The van der Waals surface area contributed by atoms with Crippen molar-refractivity contribution in [3.63, 3.8) is 0 Å². The van der Waals surface area contributed by atoms with Crippen molar-refractivity contribution in [1.82, 2.24) is 25.2 Å². The highest BCUT2D eigenvalue weighted by Gasteiger charge is 2.45. The summed E-state index contributed by atoms with van der Waals surface area (Å²) >= 11 is 0. The first-order chi connectivity index (χ1) is 24.9. The van der Waals surface area contributed by atoms with E-state index in [-0.39, 0.29) is 70.8 Å². The molecule has 16 heteroatoms. The summed E-state index contributed by atoms with van der Waals surface area (Å²) < 4.78 is 110. The molecule has 9 nitrogen and oxygen atoms in total. The number of aryl methyl sites for hydroxylation is 1. The van der Waals surface area contributed by atoms with Gasteiger partial charge in [-0.1, -0.05) is 32.8 Å². The molecule has 2 fully saturated rings. The highest BCUT2D eigenvalue weighted by molar-refractivity contribution is 6.03. The zero-order chi connectivity index (χ0) is 37.2. The number of ether oxygens (including phenoxy) is 2. The Kier molecular flexibility index (Phi) is 11.1. The standard InChI is InChI=1S/C32H31F7N6O3.C4H10/c33-15-40-28(36)21-5-1-4-20-23-26(43-30(44-29(23)42-21)47-14-31-8-2-10-45(31)11-3-9-31)24(35)25(41-20)18-13-17(46)12-16-6-7-19(34)27(22(16)18)48-32(37,38)39;1-3-4-2/h6-7,12-13,21,28,40,46H,1-5,8-11,14-15H2,(H,42,43,44);3-4H2,1-2H3. The summed E-state index contributed by atoms with van der Waals surface area (Å²) in [4.78, 5) is 15.7. The van der Waals surface area contributed by atoms with E-state index in [4.69, 9.17) is 4.74 Å². The van der Waals surface area contributed by atoms with Crippen LogP contribution >= 0.6 is 0 Å². The molecule has 3 aliphatic rings. The van der Waals surface area contributed by atoms with E-state index in [0.717, 1.165) is 63.0 Å². The van der Waals surface area contributed by atoms with Crippen molar-refractivity contribution in [1.29, 1.82) is 0 Å². The fraction of sp³-hybridized carbons (Fsp3) is 0.528. The Morgan fingerprint density at radius 3 is 2.44 bits per heavy atom. The van der Waals surface area contributed by atoms with E-state index in [9.17, 15) is 31.4 Å². The fourth-order valence-corrected chi connectivity index (χ4v) is 7.38. The molecular weight excluding hydrogens is 697 g/mol. The summed E-state index contributed by atoms with van der Waals surface area (Å²) in [7, 11) is 0. The smallest absolute Gasteiger partial charge is 0.508 e. The van der Waals surface area contributed by atoms with Crippen molar-refractivity contribution in [2.24, 2.45) is 0 Å². The number of hydrogen-bond acceptors (Lipinski definition) is 9. The third-order valence-corrected chi connectivity index (χ3v) is 9.98. The van der Waals surface area contributed by atoms with Crippen molar-refractivity contribution in [2.45, 2.75) is 95.9 Å². The number of hydrogen-bond donors (Lipinski definition) is 3. The number of benzene rings is 2. The summed E-state index contributed by atoms with van der Waals surface area (Å²) in [5.74, 6) is -4.18. The molecule has 282 valence electrons. The predicted octanol–water partition coefficient (Wildman–Crippen LogP) is 8.47. The molecule has 0 saturated carbocycles. The number of anilines is 1. The van der Waals surface area contributed by atoms with Gasteiger partial charge in [0, 0.05) is 10.9 Å². The number of nitrogens with one attached hydrogen (secondary N) is 2. The Balaban J connectivity index is 0.00000110. The molecule has 0 spiro atoms. The molecule has 2 saturated heterocycles. The first-order valence-electron chi connectivity index (χ1n) is 17.6. The molecule has 7 rings (SSSR count). The predicted molar refractivity (Wildman–Crippen MR) is 182 cm³/mol. The van der Waals surface area contributed by atoms with E-state index in [1.165, 1.54) is 12.8 Å². The normalized spacial score (nSPS) is 19.0. The van der Waals surface area contributed by atoms with Crippen LogP contribution in [0.5, 0.6) is 17.5 Å². The van der Waals surface area contributed by atoms with Crippen LogP contribution in [0.15, 0.2) is 24.3 Å². The lowest BCUT2D eigenvalue weighted by atomic mass is 9.95. The van der Waals surface area contributed by atoms with Gasteiger partial charge in [-0.3, -0.25) is 10.2 Å². The SMILES string of the molecule is CCCC.Oc1cc(-c2nc3c4c(nc(OCC56CCCN5CCC6)nc4c2F)NC(C(F)NCF)CCC3)c2c(OC(F)(F)F)c(F)ccc2c1. The van der Waals surface area contributed by atoms with Crippen LogP contribution in [-0.2, 0) is 6.42 Å². The molecule has 52 heavy (non-hydrogen) atoms. The molecule has 3 N–H and O–H groups in total. The number of phenols is 1. The number of halogens is 7. The number of pyridine rings is 1. The maximum absolute atomic E-state index is 16.8. The monoisotopic (exact) mass is 738 g/mol. The molecule has 4 aromatic rings. The number of nitrogens with zero attached hydrogens (tertiary/aromatic N) is 4. The van der Waals surface area contributed by atoms with Gasteiger partial charge in [0.05, 0.1) is 22.7 Å². The zero-order valence-electron chi connectivity index (χ0n) is 28.9. The highest BCUT2D eigenvalue weighted by atomic mass is 19.4. The number of unbranched alkanes of at least 4 members (excludes halogenated alkanes) is 1. The second kappa shape index (κ2) is 15.4. The van der Waals surface area contributed by atoms with E-state index in [0.29, 0.717) is 0 Å². The molecule has 5 heterocycles. The fourth-order valence-electron chi connectivity index (χ4n) is 7.38. The molecule has 2 aromatic carbocycles. The van der Waals surface area contributed by atoms with Gasteiger partial charge in [0.15, 0.2) is 23.7 Å². The molecular formula is C36H41F7N6O3. The van der Waals surface area contributed by atoms with Gasteiger partial charge in [0.25, 0.3) is 0 Å². The van der Waals surface area contributed by atoms with E-state index >= 15 is 4.39 Å². The first-order valence-corrected chi connectivity index (χ1v) is 17.6. The molecule has 0 bridgehead atoms. The van der Waals surface area contributed by atoms with Crippen molar-refractivity contribution in [2.75, 3.05) is 31.8 Å². The van der Waals surface area contributed by atoms with Gasteiger partial charge in [-0.25, -0.2) is 22.5 Å². The van der Waals surface area contributed by atoms with Crippen molar-refractivity contribution in [3.05, 3.63) is 41.6 Å². The molecule has 2 atom stereocenters. The van der Waals surface area contributed by atoms with E-state index in [2.05, 4.69) is 49.1 Å². The van der Waals surface area contributed by atoms with Gasteiger partial charge in [-0.15, -0.1) is 13.2 Å². The van der Waals surface area contributed by atoms with Crippen LogP contribution < -0.4 is 20.1 Å². The molecule has 0 amide bonds. The Morgan fingerprint density at radius 2 is 1.77 bits per heavy atom. The second-order valence-corrected chi connectivity index (χ2v) is 13.4. The number of fused-ring (bicyclic) bond motifs is 2. The average molecular weight is 739 g/mol. The van der Waals surface area contributed by atoms with Crippen LogP contribution in [0, 0.1) is 11.6 Å². The quantitative estimate of drug-likeness (QED) is 0.115. The van der Waals surface area contributed by atoms with Gasteiger partial charge in [0.2, 0.25) is 0 Å². The summed E-state index contributed by atoms with van der Waals surface area (Å²) in [6.07, 6.45) is -0.146. The van der Waals surface area contributed by atoms with Crippen LogP contribution in [0.1, 0.15) is 70.9 Å². The lowest BCUT2D eigenvalue weighted by molar-refractivity contribution is -0.275. The van der Waals surface area contributed by atoms with Gasteiger partial charge in [-0.2, -0.15) is 9.97 Å². The molecule has 3 aliphatic heterocycles. The van der Waals surface area contributed by atoms with Crippen LogP contribution in [0.4, 0.5) is 36.6 Å². The van der Waals surface area contributed by atoms with E-state index in [1.807, 2.05) is 0 Å². The van der Waals surface area contributed by atoms with Gasteiger partial charge >= 0.3 is 12.4 Å². The maximum Gasteiger partial charge on any atom is 0.573 e. The summed E-state index contributed by atoms with van der Waals surface area (Å²) in [6, 6.07) is 2.71. The minimum Gasteiger partial charge on any atom is -0.508 e. The minimum atomic E-state index is -5.29. The second-order valence-electron chi connectivity index (χ2n) is 13.4. The van der Waals surface area contributed by atoms with E-state index in [1.54, 1.807) is 0 Å². The highest BCUT2D eigenvalue weighted by Crippen LogP contribution is 2.44. The number of phenolic OH excluding ortho intramolecular Hbond substituents is 1. The van der Waals surface area contributed by atoms with Crippen molar-refractivity contribution < 1.29 is 45.3 Å². The molecule has 2 aromatic heterocycles. The van der Waals surface area contributed by atoms with Crippen LogP contribution in [0.3, 0.4) is 0 Å². The Hall–Kier alpha value is -4.18.